The maximum absolute atomic E-state index is 13.8. The van der Waals surface area contributed by atoms with Gasteiger partial charge in [0.1, 0.15) is 11.6 Å². The molecule has 0 aliphatic carbocycles. The number of hydrogen-bond donors (Lipinski definition) is 2. The molecule has 0 radical (unpaired) electrons. The predicted octanol–water partition coefficient (Wildman–Crippen LogP) is 6.56. The first-order valence-corrected chi connectivity index (χ1v) is 13.3. The summed E-state index contributed by atoms with van der Waals surface area (Å²) in [5, 5.41) is 2.84. The third kappa shape index (κ3) is 5.49. The van der Waals surface area contributed by atoms with E-state index in [9.17, 15) is 9.59 Å². The molecule has 8 heteroatoms. The second kappa shape index (κ2) is 11.3. The fourth-order valence-corrected chi connectivity index (χ4v) is 4.70. The first kappa shape index (κ1) is 25.8. The molecule has 0 saturated heterocycles. The molecule has 8 nitrogen and oxygen atoms in total. The molecule has 3 heterocycles. The minimum atomic E-state index is -0.375. The Labute approximate surface area is 236 Å². The monoisotopic (exact) mass is 541 g/mol. The van der Waals surface area contributed by atoms with Crippen LogP contribution in [0.2, 0.25) is 0 Å². The molecule has 0 bridgehead atoms. The number of aromatic amines is 1. The lowest BCUT2D eigenvalue weighted by molar-refractivity contribution is 0.0923. The molecule has 1 atom stereocenters. The highest BCUT2D eigenvalue weighted by atomic mass is 16.3. The summed E-state index contributed by atoms with van der Waals surface area (Å²) in [5.74, 6) is 1.00. The molecular formula is C33H27N5O3. The number of H-pyrrole nitrogens is 1. The van der Waals surface area contributed by atoms with Crippen LogP contribution in [0, 0.1) is 0 Å². The first-order chi connectivity index (χ1) is 20.1. The first-order valence-electron chi connectivity index (χ1n) is 13.3. The van der Waals surface area contributed by atoms with Gasteiger partial charge in [-0.15, -0.1) is 0 Å². The Kier molecular flexibility index (Phi) is 7.11. The Hall–Kier alpha value is -5.50. The molecule has 1 unspecified atom stereocenters. The number of fused-ring (bicyclic) bond motifs is 1. The lowest BCUT2D eigenvalue weighted by atomic mass is 10.1. The third-order valence-electron chi connectivity index (χ3n) is 6.87. The van der Waals surface area contributed by atoms with Crippen molar-refractivity contribution in [3.63, 3.8) is 0 Å². The van der Waals surface area contributed by atoms with Gasteiger partial charge >= 0.3 is 0 Å². The van der Waals surface area contributed by atoms with Crippen molar-refractivity contribution in [2.75, 3.05) is 4.90 Å². The molecule has 3 aromatic heterocycles. The number of carbonyl (C=O) groups excluding carboxylic acids is 2. The molecule has 0 saturated carbocycles. The summed E-state index contributed by atoms with van der Waals surface area (Å²) in [4.78, 5) is 40.3. The number of imidazole rings is 1. The van der Waals surface area contributed by atoms with Gasteiger partial charge in [-0.25, -0.2) is 4.98 Å². The van der Waals surface area contributed by atoms with Crippen molar-refractivity contribution < 1.29 is 14.0 Å². The maximum Gasteiger partial charge on any atom is 0.287 e. The largest absolute Gasteiger partial charge is 0.451 e. The number of amides is 2. The molecule has 3 aromatic carbocycles. The van der Waals surface area contributed by atoms with Crippen molar-refractivity contribution in [3.8, 4) is 11.3 Å². The van der Waals surface area contributed by atoms with Gasteiger partial charge in [-0.05, 0) is 79.2 Å². The zero-order valence-corrected chi connectivity index (χ0v) is 22.3. The number of para-hydroxylation sites is 2. The number of furan rings is 1. The maximum atomic E-state index is 13.8. The van der Waals surface area contributed by atoms with Crippen LogP contribution in [0.15, 0.2) is 120 Å². The van der Waals surface area contributed by atoms with E-state index in [1.807, 2.05) is 85.8 Å². The average molecular weight is 542 g/mol. The lowest BCUT2D eigenvalue weighted by Crippen LogP contribution is -2.34. The number of rotatable bonds is 8. The summed E-state index contributed by atoms with van der Waals surface area (Å²) in [5.41, 5.74) is 4.71. The second-order valence-electron chi connectivity index (χ2n) is 9.61. The SMILES string of the molecule is CC(c1nc2ccccc2[nH]1)N(C(=O)c1ccccc1)c1ccc(-c2ccc(C(=O)NCc3cccnc3)o2)cc1. The highest BCUT2D eigenvalue weighted by Crippen LogP contribution is 2.31. The Morgan fingerprint density at radius 3 is 2.44 bits per heavy atom. The van der Waals surface area contributed by atoms with E-state index in [-0.39, 0.29) is 23.6 Å². The minimum absolute atomic E-state index is 0.142. The molecular weight excluding hydrogens is 514 g/mol. The van der Waals surface area contributed by atoms with Gasteiger partial charge in [-0.3, -0.25) is 19.5 Å². The second-order valence-corrected chi connectivity index (χ2v) is 9.61. The van der Waals surface area contributed by atoms with Gasteiger partial charge in [-0.1, -0.05) is 36.4 Å². The van der Waals surface area contributed by atoms with Crippen LogP contribution in [-0.2, 0) is 6.54 Å². The number of nitrogens with one attached hydrogen (secondary N) is 2. The van der Waals surface area contributed by atoms with Crippen molar-refractivity contribution >= 4 is 28.5 Å². The van der Waals surface area contributed by atoms with E-state index in [1.165, 1.54) is 0 Å². The normalized spacial score (nSPS) is 11.7. The van der Waals surface area contributed by atoms with Crippen LogP contribution in [0.4, 0.5) is 5.69 Å². The number of nitrogens with zero attached hydrogens (tertiary/aromatic N) is 3. The van der Waals surface area contributed by atoms with E-state index in [4.69, 9.17) is 9.40 Å². The van der Waals surface area contributed by atoms with E-state index in [0.29, 0.717) is 29.4 Å². The number of pyridine rings is 1. The molecule has 2 amide bonds. The predicted molar refractivity (Wildman–Crippen MR) is 157 cm³/mol. The van der Waals surface area contributed by atoms with E-state index < -0.39 is 0 Å². The van der Waals surface area contributed by atoms with E-state index in [0.717, 1.165) is 22.2 Å². The van der Waals surface area contributed by atoms with Crippen LogP contribution < -0.4 is 10.2 Å². The quantitative estimate of drug-likeness (QED) is 0.227. The Balaban J connectivity index is 1.25. The van der Waals surface area contributed by atoms with Gasteiger partial charge in [0.25, 0.3) is 11.8 Å². The molecule has 6 rings (SSSR count). The third-order valence-corrected chi connectivity index (χ3v) is 6.87. The van der Waals surface area contributed by atoms with E-state index in [1.54, 1.807) is 41.6 Å². The fraction of sp³-hybridized carbons (Fsp3) is 0.0909. The topological polar surface area (TPSA) is 104 Å². The molecule has 2 N–H and O–H groups in total. The van der Waals surface area contributed by atoms with Crippen molar-refractivity contribution in [2.24, 2.45) is 0 Å². The summed E-state index contributed by atoms with van der Waals surface area (Å²) in [6.07, 6.45) is 3.39. The van der Waals surface area contributed by atoms with Crippen LogP contribution in [0.1, 0.15) is 45.3 Å². The van der Waals surface area contributed by atoms with Gasteiger partial charge < -0.3 is 14.7 Å². The number of aromatic nitrogens is 3. The van der Waals surface area contributed by atoms with Crippen LogP contribution in [0.25, 0.3) is 22.4 Å². The Morgan fingerprint density at radius 2 is 1.68 bits per heavy atom. The van der Waals surface area contributed by atoms with Crippen molar-refractivity contribution in [1.82, 2.24) is 20.3 Å². The van der Waals surface area contributed by atoms with Crippen molar-refractivity contribution in [3.05, 3.63) is 138 Å². The molecule has 202 valence electrons. The zero-order valence-electron chi connectivity index (χ0n) is 22.3. The standard InChI is InChI=1S/C33H27N5O3/c1-22(31-36-27-11-5-6-12-28(27)37-31)38(33(40)25-9-3-2-4-10-25)26-15-13-24(14-16-26)29-17-18-30(41-29)32(39)35-21-23-8-7-19-34-20-23/h2-20,22H,21H2,1H3,(H,35,39)(H,36,37). The van der Waals surface area contributed by atoms with E-state index >= 15 is 0 Å². The fourth-order valence-electron chi connectivity index (χ4n) is 4.70. The van der Waals surface area contributed by atoms with Crippen LogP contribution in [0.5, 0.6) is 0 Å². The van der Waals surface area contributed by atoms with Gasteiger partial charge in [0.05, 0.1) is 17.1 Å². The molecule has 0 aliphatic rings. The van der Waals surface area contributed by atoms with Crippen molar-refractivity contribution in [2.45, 2.75) is 19.5 Å². The zero-order chi connectivity index (χ0) is 28.2. The summed E-state index contributed by atoms with van der Waals surface area (Å²) in [6, 6.07) is 31.2. The van der Waals surface area contributed by atoms with Gasteiger partial charge in [0, 0.05) is 35.8 Å². The van der Waals surface area contributed by atoms with Gasteiger partial charge in [-0.2, -0.15) is 0 Å². The van der Waals surface area contributed by atoms with Gasteiger partial charge in [0.15, 0.2) is 5.76 Å². The number of carbonyl (C=O) groups is 2. The summed E-state index contributed by atoms with van der Waals surface area (Å²) < 4.78 is 5.86. The minimum Gasteiger partial charge on any atom is -0.451 e. The van der Waals surface area contributed by atoms with E-state index in [2.05, 4.69) is 15.3 Å². The smallest absolute Gasteiger partial charge is 0.287 e. The summed E-state index contributed by atoms with van der Waals surface area (Å²) >= 11 is 0. The van der Waals surface area contributed by atoms with Crippen LogP contribution in [-0.4, -0.2) is 26.8 Å². The number of benzene rings is 3. The average Bonchev–Trinajstić information content (AvgIpc) is 3.69. The summed E-state index contributed by atoms with van der Waals surface area (Å²) in [7, 11) is 0. The molecule has 0 spiro atoms. The van der Waals surface area contributed by atoms with Crippen molar-refractivity contribution in [1.29, 1.82) is 0 Å². The molecule has 0 fully saturated rings. The van der Waals surface area contributed by atoms with Gasteiger partial charge in [0.2, 0.25) is 0 Å². The van der Waals surface area contributed by atoms with Crippen LogP contribution in [0.3, 0.4) is 0 Å². The highest BCUT2D eigenvalue weighted by Gasteiger charge is 2.27. The molecule has 6 aromatic rings. The number of hydrogen-bond acceptors (Lipinski definition) is 5. The van der Waals surface area contributed by atoms with Crippen LogP contribution >= 0.6 is 0 Å². The molecule has 41 heavy (non-hydrogen) atoms. The Bertz CT molecular complexity index is 1760. The summed E-state index contributed by atoms with van der Waals surface area (Å²) in [6.45, 7) is 2.31. The molecule has 0 aliphatic heterocycles. The number of anilines is 1. The lowest BCUT2D eigenvalue weighted by Gasteiger charge is -2.28. The Morgan fingerprint density at radius 1 is 0.902 bits per heavy atom. The highest BCUT2D eigenvalue weighted by molar-refractivity contribution is 6.06.